The van der Waals surface area contributed by atoms with E-state index >= 15 is 0 Å². The number of benzene rings is 2. The maximum Gasteiger partial charge on any atom is 0.348 e. The molecule has 1 amide bonds. The molecule has 0 atom stereocenters. The number of hydrogen-bond donors (Lipinski definition) is 1. The monoisotopic (exact) mass is 605 g/mol. The second-order valence-electron chi connectivity index (χ2n) is 8.65. The highest BCUT2D eigenvalue weighted by Crippen LogP contribution is 2.35. The molecule has 0 unspecified atom stereocenters. The summed E-state index contributed by atoms with van der Waals surface area (Å²) in [4.78, 5) is 57.9. The number of para-hydroxylation sites is 1. The first-order chi connectivity index (χ1) is 19.8. The van der Waals surface area contributed by atoms with Gasteiger partial charge in [-0.15, -0.1) is 22.7 Å². The van der Waals surface area contributed by atoms with E-state index in [0.29, 0.717) is 26.6 Å². The Bertz CT molecular complexity index is 1830. The number of thioether (sulfide) groups is 1. The molecule has 0 bridgehead atoms. The standard InChI is InChI=1S/C29H23N3O6S3/c1-16-22(27(35)37-2)25(41-23(16)28(36)38-3)30-21(33)15-39-29-31-24-19(14-20(40-24)17-10-6-4-7-11-17)26(34)32(29)18-12-8-5-9-13-18/h4-14H,15H2,1-3H3,(H,30,33). The second-order valence-corrected chi connectivity index (χ2v) is 11.6. The average molecular weight is 606 g/mol. The fourth-order valence-corrected chi connectivity index (χ4v) is 7.16. The number of amides is 1. The number of thiophene rings is 2. The molecule has 5 rings (SSSR count). The molecule has 208 valence electrons. The van der Waals surface area contributed by atoms with Gasteiger partial charge in [-0.3, -0.25) is 14.2 Å². The Labute approximate surface area is 246 Å². The van der Waals surface area contributed by atoms with Crippen molar-refractivity contribution >= 4 is 67.5 Å². The third-order valence-electron chi connectivity index (χ3n) is 6.10. The Morgan fingerprint density at radius 2 is 1.61 bits per heavy atom. The predicted molar refractivity (Wildman–Crippen MR) is 162 cm³/mol. The van der Waals surface area contributed by atoms with Crippen LogP contribution in [-0.4, -0.2) is 47.4 Å². The summed E-state index contributed by atoms with van der Waals surface area (Å²) in [6.07, 6.45) is 0. The quantitative estimate of drug-likeness (QED) is 0.134. The fraction of sp³-hybridized carbons (Fsp3) is 0.138. The van der Waals surface area contributed by atoms with Crippen LogP contribution in [0, 0.1) is 6.92 Å². The highest BCUT2D eigenvalue weighted by atomic mass is 32.2. The number of esters is 2. The topological polar surface area (TPSA) is 117 Å². The van der Waals surface area contributed by atoms with E-state index in [1.807, 2.05) is 54.6 Å². The van der Waals surface area contributed by atoms with Gasteiger partial charge in [-0.1, -0.05) is 60.3 Å². The molecular weight excluding hydrogens is 583 g/mol. The van der Waals surface area contributed by atoms with Gasteiger partial charge in [0, 0.05) is 4.88 Å². The van der Waals surface area contributed by atoms with Gasteiger partial charge < -0.3 is 14.8 Å². The number of fused-ring (bicyclic) bond motifs is 1. The summed E-state index contributed by atoms with van der Waals surface area (Å²) in [5.74, 6) is -1.88. The van der Waals surface area contributed by atoms with Crippen molar-refractivity contribution in [2.75, 3.05) is 25.3 Å². The molecule has 41 heavy (non-hydrogen) atoms. The van der Waals surface area contributed by atoms with Crippen LogP contribution in [0.4, 0.5) is 5.00 Å². The molecule has 0 saturated carbocycles. The van der Waals surface area contributed by atoms with Crippen LogP contribution in [0.1, 0.15) is 25.6 Å². The van der Waals surface area contributed by atoms with Crippen molar-refractivity contribution in [1.29, 1.82) is 0 Å². The van der Waals surface area contributed by atoms with Crippen LogP contribution in [0.15, 0.2) is 76.7 Å². The largest absolute Gasteiger partial charge is 0.465 e. The number of aromatic nitrogens is 2. The maximum atomic E-state index is 13.7. The van der Waals surface area contributed by atoms with Gasteiger partial charge in [0.05, 0.1) is 36.6 Å². The molecule has 2 aromatic carbocycles. The van der Waals surface area contributed by atoms with Gasteiger partial charge in [-0.05, 0) is 36.2 Å². The van der Waals surface area contributed by atoms with Crippen molar-refractivity contribution < 1.29 is 23.9 Å². The molecule has 12 heteroatoms. The van der Waals surface area contributed by atoms with E-state index in [4.69, 9.17) is 14.5 Å². The first kappa shape index (κ1) is 28.3. The van der Waals surface area contributed by atoms with Gasteiger partial charge in [0.15, 0.2) is 5.16 Å². The number of rotatable bonds is 8. The van der Waals surface area contributed by atoms with Gasteiger partial charge >= 0.3 is 11.9 Å². The van der Waals surface area contributed by atoms with Gasteiger partial charge in [-0.25, -0.2) is 14.6 Å². The number of ether oxygens (including phenoxy) is 2. The third-order valence-corrected chi connectivity index (χ3v) is 9.30. The van der Waals surface area contributed by atoms with E-state index in [0.717, 1.165) is 33.5 Å². The normalized spacial score (nSPS) is 10.9. The summed E-state index contributed by atoms with van der Waals surface area (Å²) in [6, 6.07) is 20.7. The zero-order valence-electron chi connectivity index (χ0n) is 22.1. The van der Waals surface area contributed by atoms with Crippen LogP contribution >= 0.6 is 34.4 Å². The average Bonchev–Trinajstić information content (AvgIpc) is 3.57. The summed E-state index contributed by atoms with van der Waals surface area (Å²) < 4.78 is 11.2. The van der Waals surface area contributed by atoms with Crippen LogP contribution in [0.5, 0.6) is 0 Å². The number of anilines is 1. The predicted octanol–water partition coefficient (Wildman–Crippen LogP) is 5.79. The lowest BCUT2D eigenvalue weighted by molar-refractivity contribution is -0.113. The lowest BCUT2D eigenvalue weighted by atomic mass is 10.1. The molecule has 0 aliphatic rings. The molecule has 0 spiro atoms. The van der Waals surface area contributed by atoms with Crippen molar-refractivity contribution in [3.8, 4) is 16.1 Å². The molecule has 0 radical (unpaired) electrons. The number of nitrogens with one attached hydrogen (secondary N) is 1. The Hall–Kier alpha value is -4.26. The van der Waals surface area contributed by atoms with E-state index in [1.54, 1.807) is 19.1 Å². The van der Waals surface area contributed by atoms with Crippen molar-refractivity contribution in [3.63, 3.8) is 0 Å². The van der Waals surface area contributed by atoms with E-state index in [-0.39, 0.29) is 26.8 Å². The molecule has 5 aromatic rings. The third kappa shape index (κ3) is 5.67. The van der Waals surface area contributed by atoms with Gasteiger partial charge in [0.1, 0.15) is 14.7 Å². The molecule has 1 N–H and O–H groups in total. The van der Waals surface area contributed by atoms with Crippen LogP contribution in [-0.2, 0) is 14.3 Å². The van der Waals surface area contributed by atoms with Crippen LogP contribution in [0.25, 0.3) is 26.3 Å². The van der Waals surface area contributed by atoms with Gasteiger partial charge in [-0.2, -0.15) is 0 Å². The summed E-state index contributed by atoms with van der Waals surface area (Å²) in [6.45, 7) is 1.59. The minimum atomic E-state index is -0.686. The number of hydrogen-bond acceptors (Lipinski definition) is 10. The molecule has 9 nitrogen and oxygen atoms in total. The van der Waals surface area contributed by atoms with E-state index < -0.39 is 17.8 Å². The fourth-order valence-electron chi connectivity index (χ4n) is 4.14. The molecule has 0 fully saturated rings. The SMILES string of the molecule is COC(=O)c1sc(NC(=O)CSc2nc3sc(-c4ccccc4)cc3c(=O)n2-c2ccccc2)c(C(=O)OC)c1C. The number of carbonyl (C=O) groups is 3. The zero-order chi connectivity index (χ0) is 29.1. The summed E-state index contributed by atoms with van der Waals surface area (Å²) >= 11 is 3.42. The molecule has 0 aliphatic heterocycles. The molecular formula is C29H23N3O6S3. The van der Waals surface area contributed by atoms with Crippen LogP contribution in [0.3, 0.4) is 0 Å². The van der Waals surface area contributed by atoms with E-state index in [9.17, 15) is 19.2 Å². The lowest BCUT2D eigenvalue weighted by Crippen LogP contribution is -2.22. The van der Waals surface area contributed by atoms with Crippen LogP contribution < -0.4 is 10.9 Å². The van der Waals surface area contributed by atoms with E-state index in [1.165, 1.54) is 30.1 Å². The zero-order valence-corrected chi connectivity index (χ0v) is 24.6. The Morgan fingerprint density at radius 3 is 2.27 bits per heavy atom. The minimum Gasteiger partial charge on any atom is -0.465 e. The Balaban J connectivity index is 1.48. The Kier molecular flexibility index (Phi) is 8.34. The molecule has 3 heterocycles. The highest BCUT2D eigenvalue weighted by Gasteiger charge is 2.27. The number of carbonyl (C=O) groups excluding carboxylic acids is 3. The smallest absolute Gasteiger partial charge is 0.348 e. The number of methoxy groups -OCH3 is 2. The summed E-state index contributed by atoms with van der Waals surface area (Å²) in [5, 5.41) is 3.71. The minimum absolute atomic E-state index is 0.0871. The first-order valence-corrected chi connectivity index (χ1v) is 14.8. The molecule has 0 aliphatic carbocycles. The highest BCUT2D eigenvalue weighted by molar-refractivity contribution is 7.99. The summed E-state index contributed by atoms with van der Waals surface area (Å²) in [7, 11) is 2.46. The summed E-state index contributed by atoms with van der Waals surface area (Å²) in [5.41, 5.74) is 1.80. The van der Waals surface area contributed by atoms with Gasteiger partial charge in [0.25, 0.3) is 5.56 Å². The van der Waals surface area contributed by atoms with Crippen molar-refractivity contribution in [2.45, 2.75) is 12.1 Å². The second kappa shape index (κ2) is 12.1. The van der Waals surface area contributed by atoms with E-state index in [2.05, 4.69) is 5.32 Å². The van der Waals surface area contributed by atoms with Crippen LogP contribution in [0.2, 0.25) is 0 Å². The van der Waals surface area contributed by atoms with Crippen molar-refractivity contribution in [2.24, 2.45) is 0 Å². The molecule has 3 aromatic heterocycles. The first-order valence-electron chi connectivity index (χ1n) is 12.2. The molecule has 0 saturated heterocycles. The Morgan fingerprint density at radius 1 is 0.951 bits per heavy atom. The lowest BCUT2D eigenvalue weighted by Gasteiger charge is -2.12. The van der Waals surface area contributed by atoms with Gasteiger partial charge in [0.2, 0.25) is 5.91 Å². The maximum absolute atomic E-state index is 13.7. The number of nitrogens with zero attached hydrogens (tertiary/aromatic N) is 2. The van der Waals surface area contributed by atoms with Crippen molar-refractivity contribution in [1.82, 2.24) is 9.55 Å². The van der Waals surface area contributed by atoms with Crippen molar-refractivity contribution in [3.05, 3.63) is 93.1 Å².